The lowest BCUT2D eigenvalue weighted by Crippen LogP contribution is -2.06. The number of rotatable bonds is 4. The summed E-state index contributed by atoms with van der Waals surface area (Å²) in [4.78, 5) is 15.4. The minimum absolute atomic E-state index is 0.539. The Morgan fingerprint density at radius 3 is 1.57 bits per heavy atom. The summed E-state index contributed by atoms with van der Waals surface area (Å²) in [6.07, 6.45) is 0. The monoisotopic (exact) mass is 653 g/mol. The molecule has 0 fully saturated rings. The Hall–Kier alpha value is -7.05. The van der Waals surface area contributed by atoms with Crippen molar-refractivity contribution in [1.82, 2.24) is 24.1 Å². The van der Waals surface area contributed by atoms with E-state index in [1.54, 1.807) is 0 Å². The average Bonchev–Trinajstić information content (AvgIpc) is 3.84. The van der Waals surface area contributed by atoms with Crippen molar-refractivity contribution in [1.29, 1.82) is 0 Å². The second kappa shape index (κ2) is 10.7. The van der Waals surface area contributed by atoms with Crippen molar-refractivity contribution in [3.63, 3.8) is 0 Å². The maximum absolute atomic E-state index is 6.44. The molecule has 0 aliphatic carbocycles. The maximum atomic E-state index is 6.44. The first kappa shape index (κ1) is 27.9. The van der Waals surface area contributed by atoms with Gasteiger partial charge in [-0.25, -0.2) is 4.98 Å². The van der Waals surface area contributed by atoms with Gasteiger partial charge in [-0.3, -0.25) is 4.57 Å². The van der Waals surface area contributed by atoms with Gasteiger partial charge >= 0.3 is 0 Å². The van der Waals surface area contributed by atoms with Gasteiger partial charge in [-0.15, -0.1) is 0 Å². The highest BCUT2D eigenvalue weighted by Gasteiger charge is 2.21. The molecular formula is C45H27N5O. The van der Waals surface area contributed by atoms with Crippen LogP contribution in [-0.2, 0) is 0 Å². The van der Waals surface area contributed by atoms with Crippen LogP contribution in [0.4, 0.5) is 0 Å². The zero-order chi connectivity index (χ0) is 33.5. The first-order valence-corrected chi connectivity index (χ1v) is 17.0. The second-order valence-corrected chi connectivity index (χ2v) is 12.9. The molecule has 0 atom stereocenters. The van der Waals surface area contributed by atoms with Crippen LogP contribution in [0.5, 0.6) is 0 Å². The van der Waals surface area contributed by atoms with Crippen molar-refractivity contribution in [2.75, 3.05) is 0 Å². The van der Waals surface area contributed by atoms with Gasteiger partial charge in [0.2, 0.25) is 5.95 Å². The Morgan fingerprint density at radius 2 is 0.902 bits per heavy atom. The Bertz CT molecular complexity index is 3030. The summed E-state index contributed by atoms with van der Waals surface area (Å²) < 4.78 is 11.0. The highest BCUT2D eigenvalue weighted by Crippen LogP contribution is 2.40. The molecule has 0 bridgehead atoms. The molecule has 0 aliphatic rings. The molecule has 51 heavy (non-hydrogen) atoms. The van der Waals surface area contributed by atoms with Crippen LogP contribution < -0.4 is 0 Å². The van der Waals surface area contributed by atoms with Crippen molar-refractivity contribution in [3.05, 3.63) is 164 Å². The first-order valence-electron chi connectivity index (χ1n) is 17.0. The van der Waals surface area contributed by atoms with Crippen molar-refractivity contribution in [2.24, 2.45) is 0 Å². The van der Waals surface area contributed by atoms with Crippen LogP contribution >= 0.6 is 0 Å². The summed E-state index contributed by atoms with van der Waals surface area (Å²) in [7, 11) is 0. The van der Waals surface area contributed by atoms with E-state index in [9.17, 15) is 0 Å². The fourth-order valence-corrected chi connectivity index (χ4v) is 7.68. The fourth-order valence-electron chi connectivity index (χ4n) is 7.68. The van der Waals surface area contributed by atoms with Gasteiger partial charge in [0, 0.05) is 55.2 Å². The third kappa shape index (κ3) is 4.20. The van der Waals surface area contributed by atoms with E-state index in [2.05, 4.69) is 100 Å². The highest BCUT2D eigenvalue weighted by atomic mass is 16.3. The number of para-hydroxylation sites is 3. The van der Waals surface area contributed by atoms with Gasteiger partial charge in [0.15, 0.2) is 11.6 Å². The summed E-state index contributed by atoms with van der Waals surface area (Å²) in [5.41, 5.74) is 8.84. The van der Waals surface area contributed by atoms with E-state index < -0.39 is 0 Å². The van der Waals surface area contributed by atoms with E-state index in [-0.39, 0.29) is 0 Å². The lowest BCUT2D eigenvalue weighted by Gasteiger charge is -2.12. The standard InChI is InChI=1S/C45H27N5O/c1-3-13-28(14-4-1)43-46-44(29-15-5-2-6-16-29)48-45(47-43)50-39-25-30(49-37-20-10-7-17-31(37)32-18-8-11-21-38(32)49)23-24-33(39)35-26-36-34-19-9-12-22-41(34)51-42(36)27-40(35)50/h1-27H. The Kier molecular flexibility index (Phi) is 5.86. The van der Waals surface area contributed by atoms with Gasteiger partial charge < -0.3 is 8.98 Å². The van der Waals surface area contributed by atoms with E-state index >= 15 is 0 Å². The van der Waals surface area contributed by atoms with Crippen LogP contribution in [0.25, 0.3) is 100.0 Å². The minimum Gasteiger partial charge on any atom is -0.456 e. The fraction of sp³-hybridized carbons (Fsp3) is 0. The summed E-state index contributed by atoms with van der Waals surface area (Å²) in [5, 5.41) is 6.81. The molecule has 6 nitrogen and oxygen atoms in total. The van der Waals surface area contributed by atoms with Crippen LogP contribution in [0.1, 0.15) is 0 Å². The molecule has 4 heterocycles. The van der Waals surface area contributed by atoms with E-state index in [0.717, 1.165) is 71.6 Å². The molecule has 0 spiro atoms. The molecule has 11 aromatic rings. The predicted octanol–water partition coefficient (Wildman–Crippen LogP) is 11.3. The van der Waals surface area contributed by atoms with Gasteiger partial charge in [-0.1, -0.05) is 121 Å². The van der Waals surface area contributed by atoms with Crippen LogP contribution in [0, 0.1) is 0 Å². The van der Waals surface area contributed by atoms with Gasteiger partial charge in [-0.05, 0) is 36.4 Å². The van der Waals surface area contributed by atoms with Gasteiger partial charge in [0.1, 0.15) is 11.2 Å². The second-order valence-electron chi connectivity index (χ2n) is 12.9. The number of hydrogen-bond acceptors (Lipinski definition) is 4. The lowest BCUT2D eigenvalue weighted by molar-refractivity contribution is 0.669. The molecule has 0 aliphatic heterocycles. The summed E-state index contributed by atoms with van der Waals surface area (Å²) in [5.74, 6) is 1.76. The summed E-state index contributed by atoms with van der Waals surface area (Å²) in [6.45, 7) is 0. The molecule has 0 N–H and O–H groups in total. The maximum Gasteiger partial charge on any atom is 0.238 e. The van der Waals surface area contributed by atoms with Gasteiger partial charge in [-0.2, -0.15) is 9.97 Å². The topological polar surface area (TPSA) is 61.7 Å². The molecule has 238 valence electrons. The van der Waals surface area contributed by atoms with Crippen LogP contribution in [-0.4, -0.2) is 24.1 Å². The molecule has 11 rings (SSSR count). The molecular weight excluding hydrogens is 627 g/mol. The number of benzene rings is 7. The largest absolute Gasteiger partial charge is 0.456 e. The molecule has 0 saturated heterocycles. The van der Waals surface area contributed by atoms with Crippen molar-refractivity contribution in [2.45, 2.75) is 0 Å². The quantitative estimate of drug-likeness (QED) is 0.190. The van der Waals surface area contributed by atoms with Gasteiger partial charge in [0.05, 0.1) is 22.1 Å². The predicted molar refractivity (Wildman–Crippen MR) is 207 cm³/mol. The third-order valence-electron chi connectivity index (χ3n) is 9.97. The molecule has 7 aromatic carbocycles. The first-order chi connectivity index (χ1) is 25.3. The van der Waals surface area contributed by atoms with E-state index in [1.807, 2.05) is 72.8 Å². The number of aromatic nitrogens is 5. The Labute approximate surface area is 291 Å². The number of hydrogen-bond donors (Lipinski definition) is 0. The highest BCUT2D eigenvalue weighted by molar-refractivity contribution is 6.18. The normalized spacial score (nSPS) is 11.9. The Morgan fingerprint density at radius 1 is 0.353 bits per heavy atom. The molecule has 0 saturated carbocycles. The molecule has 0 unspecified atom stereocenters. The summed E-state index contributed by atoms with van der Waals surface area (Å²) >= 11 is 0. The SMILES string of the molecule is c1ccc(-c2nc(-c3ccccc3)nc(-n3c4cc(-n5c6ccccc6c6ccccc65)ccc4c4cc5c(cc43)oc3ccccc35)n2)cc1. The number of fused-ring (bicyclic) bond motifs is 9. The smallest absolute Gasteiger partial charge is 0.238 e. The third-order valence-corrected chi connectivity index (χ3v) is 9.97. The van der Waals surface area contributed by atoms with E-state index in [1.165, 1.54) is 10.8 Å². The molecule has 0 radical (unpaired) electrons. The van der Waals surface area contributed by atoms with E-state index in [4.69, 9.17) is 19.4 Å². The Balaban J connectivity index is 1.27. The van der Waals surface area contributed by atoms with Crippen LogP contribution in [0.3, 0.4) is 0 Å². The molecule has 0 amide bonds. The van der Waals surface area contributed by atoms with Crippen molar-refractivity contribution < 1.29 is 4.42 Å². The molecule has 4 aromatic heterocycles. The lowest BCUT2D eigenvalue weighted by atomic mass is 10.1. The van der Waals surface area contributed by atoms with Crippen molar-refractivity contribution >= 4 is 65.6 Å². The van der Waals surface area contributed by atoms with Gasteiger partial charge in [0.25, 0.3) is 0 Å². The number of furan rings is 1. The van der Waals surface area contributed by atoms with Crippen LogP contribution in [0.15, 0.2) is 168 Å². The minimum atomic E-state index is 0.539. The average molecular weight is 654 g/mol. The van der Waals surface area contributed by atoms with E-state index in [0.29, 0.717) is 17.6 Å². The van der Waals surface area contributed by atoms with Crippen LogP contribution in [0.2, 0.25) is 0 Å². The zero-order valence-electron chi connectivity index (χ0n) is 27.2. The van der Waals surface area contributed by atoms with Crippen molar-refractivity contribution in [3.8, 4) is 34.4 Å². The summed E-state index contributed by atoms with van der Waals surface area (Å²) in [6, 6.07) is 56.8. The zero-order valence-corrected chi connectivity index (χ0v) is 27.2. The molecule has 6 heteroatoms. The number of nitrogens with zero attached hydrogens (tertiary/aromatic N) is 5.